The maximum atomic E-state index is 3.66. The fraction of sp³-hybridized carbons (Fsp3) is 0. The van der Waals surface area contributed by atoms with Crippen molar-refractivity contribution < 1.29 is 0 Å². The molecule has 0 bridgehead atoms. The summed E-state index contributed by atoms with van der Waals surface area (Å²) in [5.74, 6) is 0. The Kier molecular flexibility index (Phi) is 4.02. The molecule has 0 saturated heterocycles. The molecular formula is C30H19BrN2. The SMILES string of the molecule is Brc1cccc(-n2c3ccccc3c3ccc(-n4c5ccccc5c5ccccc54)cc32)c1. The zero-order chi connectivity index (χ0) is 21.9. The molecule has 0 atom stereocenters. The van der Waals surface area contributed by atoms with Gasteiger partial charge in [-0.1, -0.05) is 82.7 Å². The van der Waals surface area contributed by atoms with E-state index in [2.05, 4.69) is 140 Å². The van der Waals surface area contributed by atoms with Crippen molar-refractivity contribution in [1.82, 2.24) is 9.13 Å². The van der Waals surface area contributed by atoms with Crippen LogP contribution in [0.15, 0.2) is 120 Å². The predicted octanol–water partition coefficient (Wildman–Crippen LogP) is 8.64. The molecule has 0 amide bonds. The number of hydrogen-bond acceptors (Lipinski definition) is 0. The first-order valence-corrected chi connectivity index (χ1v) is 11.9. The van der Waals surface area contributed by atoms with E-state index in [1.54, 1.807) is 0 Å². The molecule has 2 aromatic heterocycles. The molecule has 7 aromatic rings. The Bertz CT molecular complexity index is 1780. The average Bonchev–Trinajstić information content (AvgIpc) is 3.36. The maximum Gasteiger partial charge on any atom is 0.0561 e. The van der Waals surface area contributed by atoms with E-state index in [1.165, 1.54) is 49.3 Å². The first kappa shape index (κ1) is 18.7. The highest BCUT2D eigenvalue weighted by atomic mass is 79.9. The van der Waals surface area contributed by atoms with Crippen molar-refractivity contribution in [1.29, 1.82) is 0 Å². The number of benzene rings is 5. The minimum atomic E-state index is 1.07. The summed E-state index contributed by atoms with van der Waals surface area (Å²) < 4.78 is 5.82. The fourth-order valence-corrected chi connectivity index (χ4v) is 5.58. The summed E-state index contributed by atoms with van der Waals surface area (Å²) in [7, 11) is 0. The molecule has 5 aromatic carbocycles. The molecule has 0 N–H and O–H groups in total. The van der Waals surface area contributed by atoms with E-state index in [4.69, 9.17) is 0 Å². The monoisotopic (exact) mass is 486 g/mol. The van der Waals surface area contributed by atoms with E-state index < -0.39 is 0 Å². The Labute approximate surface area is 199 Å². The van der Waals surface area contributed by atoms with E-state index in [-0.39, 0.29) is 0 Å². The van der Waals surface area contributed by atoms with Gasteiger partial charge in [0, 0.05) is 37.4 Å². The largest absolute Gasteiger partial charge is 0.309 e. The van der Waals surface area contributed by atoms with Crippen LogP contribution in [-0.2, 0) is 0 Å². The van der Waals surface area contributed by atoms with E-state index in [0.717, 1.165) is 10.2 Å². The summed E-state index contributed by atoms with van der Waals surface area (Å²) in [6.45, 7) is 0. The number of fused-ring (bicyclic) bond motifs is 6. The Morgan fingerprint density at radius 2 is 0.879 bits per heavy atom. The van der Waals surface area contributed by atoms with Gasteiger partial charge in [-0.05, 0) is 48.5 Å². The van der Waals surface area contributed by atoms with Crippen LogP contribution in [0, 0.1) is 0 Å². The molecule has 0 unspecified atom stereocenters. The summed E-state index contributed by atoms with van der Waals surface area (Å²) in [5, 5.41) is 5.08. The van der Waals surface area contributed by atoms with Gasteiger partial charge in [0.2, 0.25) is 0 Å². The predicted molar refractivity (Wildman–Crippen MR) is 143 cm³/mol. The summed E-state index contributed by atoms with van der Waals surface area (Å²) in [4.78, 5) is 0. The summed E-state index contributed by atoms with van der Waals surface area (Å²) in [6, 6.07) is 41.3. The molecule has 2 nitrogen and oxygen atoms in total. The molecule has 0 fully saturated rings. The lowest BCUT2D eigenvalue weighted by atomic mass is 10.1. The number of hydrogen-bond donors (Lipinski definition) is 0. The molecule has 0 aliphatic carbocycles. The lowest BCUT2D eigenvalue weighted by Gasteiger charge is -2.11. The minimum Gasteiger partial charge on any atom is -0.309 e. The van der Waals surface area contributed by atoms with E-state index in [9.17, 15) is 0 Å². The normalized spacial score (nSPS) is 11.8. The van der Waals surface area contributed by atoms with Crippen LogP contribution in [0.3, 0.4) is 0 Å². The van der Waals surface area contributed by atoms with Crippen molar-refractivity contribution in [3.8, 4) is 11.4 Å². The summed E-state index contributed by atoms with van der Waals surface area (Å²) >= 11 is 3.66. The second kappa shape index (κ2) is 7.09. The minimum absolute atomic E-state index is 1.07. The zero-order valence-corrected chi connectivity index (χ0v) is 19.3. The van der Waals surface area contributed by atoms with Crippen LogP contribution in [0.4, 0.5) is 0 Å². The summed E-state index contributed by atoms with van der Waals surface area (Å²) in [5.41, 5.74) is 7.18. The second-order valence-electron chi connectivity index (χ2n) is 8.40. The Balaban J connectivity index is 1.61. The lowest BCUT2D eigenvalue weighted by molar-refractivity contribution is 1.15. The van der Waals surface area contributed by atoms with Gasteiger partial charge in [0.25, 0.3) is 0 Å². The molecule has 7 rings (SSSR count). The first-order chi connectivity index (χ1) is 16.3. The van der Waals surface area contributed by atoms with Gasteiger partial charge in [0.1, 0.15) is 0 Å². The van der Waals surface area contributed by atoms with Gasteiger partial charge in [-0.3, -0.25) is 0 Å². The number of halogens is 1. The zero-order valence-electron chi connectivity index (χ0n) is 17.7. The quantitative estimate of drug-likeness (QED) is 0.231. The highest BCUT2D eigenvalue weighted by molar-refractivity contribution is 9.10. The molecule has 2 heterocycles. The van der Waals surface area contributed by atoms with E-state index in [1.807, 2.05) is 0 Å². The van der Waals surface area contributed by atoms with Gasteiger partial charge in [0.15, 0.2) is 0 Å². The molecule has 0 aliphatic rings. The highest BCUT2D eigenvalue weighted by Crippen LogP contribution is 2.36. The molecule has 33 heavy (non-hydrogen) atoms. The van der Waals surface area contributed by atoms with Crippen LogP contribution in [0.5, 0.6) is 0 Å². The van der Waals surface area contributed by atoms with Crippen molar-refractivity contribution in [3.63, 3.8) is 0 Å². The molecule has 156 valence electrons. The number of aromatic nitrogens is 2. The highest BCUT2D eigenvalue weighted by Gasteiger charge is 2.16. The third-order valence-corrected chi connectivity index (χ3v) is 7.06. The lowest BCUT2D eigenvalue weighted by Crippen LogP contribution is -1.96. The Hall–Kier alpha value is -3.82. The van der Waals surface area contributed by atoms with E-state index >= 15 is 0 Å². The second-order valence-corrected chi connectivity index (χ2v) is 9.32. The Morgan fingerprint density at radius 1 is 0.394 bits per heavy atom. The van der Waals surface area contributed by atoms with Crippen LogP contribution in [-0.4, -0.2) is 9.13 Å². The topological polar surface area (TPSA) is 9.86 Å². The van der Waals surface area contributed by atoms with Crippen LogP contribution >= 0.6 is 15.9 Å². The molecular weight excluding hydrogens is 468 g/mol. The van der Waals surface area contributed by atoms with Crippen molar-refractivity contribution >= 4 is 59.5 Å². The number of para-hydroxylation sites is 3. The van der Waals surface area contributed by atoms with Gasteiger partial charge >= 0.3 is 0 Å². The third kappa shape index (κ3) is 2.73. The smallest absolute Gasteiger partial charge is 0.0561 e. The fourth-order valence-electron chi connectivity index (χ4n) is 5.19. The van der Waals surface area contributed by atoms with Crippen LogP contribution in [0.2, 0.25) is 0 Å². The van der Waals surface area contributed by atoms with Gasteiger partial charge in [-0.2, -0.15) is 0 Å². The standard InChI is InChI=1S/C30H19BrN2/c31-20-8-7-9-21(18-20)33-29-15-6-3-12-25(29)26-17-16-22(19-30(26)33)32-27-13-4-1-10-23(27)24-11-2-5-14-28(24)32/h1-19H. The maximum absolute atomic E-state index is 3.66. The molecule has 0 aliphatic heterocycles. The number of rotatable bonds is 2. The van der Waals surface area contributed by atoms with Gasteiger partial charge in [-0.25, -0.2) is 0 Å². The van der Waals surface area contributed by atoms with Crippen molar-refractivity contribution in [3.05, 3.63) is 120 Å². The average molecular weight is 487 g/mol. The third-order valence-electron chi connectivity index (χ3n) is 6.56. The van der Waals surface area contributed by atoms with Gasteiger partial charge in [0.05, 0.1) is 22.1 Å². The number of nitrogens with zero attached hydrogens (tertiary/aromatic N) is 2. The van der Waals surface area contributed by atoms with Crippen molar-refractivity contribution in [2.45, 2.75) is 0 Å². The van der Waals surface area contributed by atoms with Crippen LogP contribution in [0.25, 0.3) is 55.0 Å². The van der Waals surface area contributed by atoms with Crippen molar-refractivity contribution in [2.75, 3.05) is 0 Å². The molecule has 3 heteroatoms. The van der Waals surface area contributed by atoms with E-state index in [0.29, 0.717) is 0 Å². The Morgan fingerprint density at radius 3 is 1.45 bits per heavy atom. The molecule has 0 saturated carbocycles. The van der Waals surface area contributed by atoms with Crippen LogP contribution in [0.1, 0.15) is 0 Å². The van der Waals surface area contributed by atoms with Crippen LogP contribution < -0.4 is 0 Å². The molecule has 0 spiro atoms. The van der Waals surface area contributed by atoms with Gasteiger partial charge in [-0.15, -0.1) is 0 Å². The molecule has 0 radical (unpaired) electrons. The van der Waals surface area contributed by atoms with Gasteiger partial charge < -0.3 is 9.13 Å². The van der Waals surface area contributed by atoms with Crippen molar-refractivity contribution in [2.24, 2.45) is 0 Å². The first-order valence-electron chi connectivity index (χ1n) is 11.1. The summed E-state index contributed by atoms with van der Waals surface area (Å²) in [6.07, 6.45) is 0.